The number of pyridine rings is 1. The van der Waals surface area contributed by atoms with Crippen molar-refractivity contribution in [2.24, 2.45) is 5.73 Å². The molecular formula is C21H17N3O4. The van der Waals surface area contributed by atoms with Crippen LogP contribution in [0.3, 0.4) is 0 Å². The van der Waals surface area contributed by atoms with Crippen LogP contribution in [0, 0.1) is 11.3 Å². The third-order valence-electron chi connectivity index (χ3n) is 4.03. The number of nitriles is 1. The Morgan fingerprint density at radius 2 is 1.61 bits per heavy atom. The van der Waals surface area contributed by atoms with Crippen molar-refractivity contribution in [1.29, 1.82) is 5.26 Å². The number of nitrogens with two attached hydrogens (primary N) is 1. The summed E-state index contributed by atoms with van der Waals surface area (Å²) in [5, 5.41) is 28.5. The van der Waals surface area contributed by atoms with Crippen LogP contribution in [0.2, 0.25) is 0 Å². The van der Waals surface area contributed by atoms with E-state index in [-0.39, 0.29) is 5.69 Å². The maximum absolute atomic E-state index is 11.0. The summed E-state index contributed by atoms with van der Waals surface area (Å²) in [5.74, 6) is 0.188. The minimum atomic E-state index is -1.73. The van der Waals surface area contributed by atoms with Crippen molar-refractivity contribution in [2.75, 3.05) is 0 Å². The Morgan fingerprint density at radius 1 is 1.00 bits per heavy atom. The maximum Gasteiger partial charge on any atom is 0.249 e. The van der Waals surface area contributed by atoms with Crippen LogP contribution in [0.5, 0.6) is 11.5 Å². The third kappa shape index (κ3) is 4.32. The highest BCUT2D eigenvalue weighted by Gasteiger charge is 2.24. The summed E-state index contributed by atoms with van der Waals surface area (Å²) in [5.41, 5.74) is 7.02. The van der Waals surface area contributed by atoms with Gasteiger partial charge in [0.1, 0.15) is 17.6 Å². The van der Waals surface area contributed by atoms with Gasteiger partial charge in [-0.05, 0) is 60.7 Å². The number of primary amides is 1. The molecule has 0 aliphatic rings. The summed E-state index contributed by atoms with van der Waals surface area (Å²) < 4.78 is 5.73. The van der Waals surface area contributed by atoms with E-state index >= 15 is 0 Å². The minimum absolute atomic E-state index is 0.140. The van der Waals surface area contributed by atoms with Gasteiger partial charge in [-0.1, -0.05) is 6.07 Å². The molecule has 3 rings (SSSR count). The smallest absolute Gasteiger partial charge is 0.249 e. The number of benzene rings is 2. The molecule has 3 aromatic rings. The van der Waals surface area contributed by atoms with Gasteiger partial charge >= 0.3 is 0 Å². The van der Waals surface area contributed by atoms with Crippen molar-refractivity contribution in [3.63, 3.8) is 0 Å². The third-order valence-corrected chi connectivity index (χ3v) is 4.03. The predicted molar refractivity (Wildman–Crippen MR) is 101 cm³/mol. The van der Waals surface area contributed by atoms with Crippen molar-refractivity contribution in [3.05, 3.63) is 78.0 Å². The number of aliphatic hydroxyl groups is 2. The van der Waals surface area contributed by atoms with E-state index in [2.05, 4.69) is 4.98 Å². The van der Waals surface area contributed by atoms with E-state index < -0.39 is 18.1 Å². The molecule has 1 aromatic heterocycles. The lowest BCUT2D eigenvalue weighted by molar-refractivity contribution is -0.132. The highest BCUT2D eigenvalue weighted by molar-refractivity contribution is 5.79. The number of carbonyl (C=O) groups is 1. The van der Waals surface area contributed by atoms with Gasteiger partial charge in [-0.25, -0.2) is 4.98 Å². The van der Waals surface area contributed by atoms with Gasteiger partial charge in [-0.3, -0.25) is 4.79 Å². The van der Waals surface area contributed by atoms with Crippen molar-refractivity contribution >= 4 is 5.91 Å². The molecular weight excluding hydrogens is 358 g/mol. The molecule has 0 spiro atoms. The van der Waals surface area contributed by atoms with Crippen molar-refractivity contribution in [3.8, 4) is 28.8 Å². The van der Waals surface area contributed by atoms with Crippen LogP contribution in [0.4, 0.5) is 0 Å². The number of carbonyl (C=O) groups excluding carboxylic acids is 1. The van der Waals surface area contributed by atoms with Gasteiger partial charge in [0.05, 0.1) is 23.0 Å². The summed E-state index contributed by atoms with van der Waals surface area (Å²) in [7, 11) is 0. The van der Waals surface area contributed by atoms with Gasteiger partial charge in [0.15, 0.2) is 6.10 Å². The topological polar surface area (TPSA) is 129 Å². The van der Waals surface area contributed by atoms with Crippen LogP contribution >= 0.6 is 0 Å². The van der Waals surface area contributed by atoms with E-state index in [1.54, 1.807) is 60.7 Å². The van der Waals surface area contributed by atoms with E-state index in [1.165, 1.54) is 6.07 Å². The second-order valence-electron chi connectivity index (χ2n) is 6.00. The van der Waals surface area contributed by atoms with Gasteiger partial charge in [0.2, 0.25) is 5.91 Å². The number of hydrogen-bond acceptors (Lipinski definition) is 6. The fraction of sp³-hybridized carbons (Fsp3) is 0.0952. The van der Waals surface area contributed by atoms with E-state index in [9.17, 15) is 15.0 Å². The molecule has 0 saturated heterocycles. The number of ether oxygens (including phenoxy) is 1. The molecule has 2 unspecified atom stereocenters. The fourth-order valence-corrected chi connectivity index (χ4v) is 2.52. The predicted octanol–water partition coefficient (Wildman–Crippen LogP) is 2.29. The Hall–Kier alpha value is -3.73. The first kappa shape index (κ1) is 19.0. The van der Waals surface area contributed by atoms with Crippen LogP contribution < -0.4 is 10.5 Å². The van der Waals surface area contributed by atoms with Gasteiger partial charge in [-0.15, -0.1) is 0 Å². The zero-order valence-corrected chi connectivity index (χ0v) is 14.7. The van der Waals surface area contributed by atoms with Crippen molar-refractivity contribution in [2.45, 2.75) is 12.2 Å². The van der Waals surface area contributed by atoms with Crippen LogP contribution in [0.25, 0.3) is 11.3 Å². The van der Waals surface area contributed by atoms with Gasteiger partial charge in [0.25, 0.3) is 0 Å². The van der Waals surface area contributed by atoms with Crippen LogP contribution in [0.15, 0.2) is 66.7 Å². The molecule has 4 N–H and O–H groups in total. The Balaban J connectivity index is 1.77. The number of amides is 1. The average molecular weight is 375 g/mol. The molecule has 2 atom stereocenters. The molecule has 0 aliphatic heterocycles. The Labute approximate surface area is 161 Å². The van der Waals surface area contributed by atoms with Gasteiger partial charge in [-0.2, -0.15) is 5.26 Å². The molecule has 7 heteroatoms. The monoisotopic (exact) mass is 375 g/mol. The lowest BCUT2D eigenvalue weighted by Crippen LogP contribution is -2.34. The van der Waals surface area contributed by atoms with E-state index in [0.717, 1.165) is 5.56 Å². The van der Waals surface area contributed by atoms with Crippen LogP contribution in [-0.4, -0.2) is 27.2 Å². The summed E-state index contributed by atoms with van der Waals surface area (Å²) in [6.45, 7) is 0. The minimum Gasteiger partial charge on any atom is -0.457 e. The number of aliphatic hydroxyl groups excluding tert-OH is 2. The molecule has 0 fully saturated rings. The Kier molecular flexibility index (Phi) is 5.65. The maximum atomic E-state index is 11.0. The molecule has 0 bridgehead atoms. The molecule has 1 heterocycles. The molecule has 0 aliphatic carbocycles. The second kappa shape index (κ2) is 8.31. The zero-order chi connectivity index (χ0) is 20.1. The number of nitrogens with zero attached hydrogens (tertiary/aromatic N) is 2. The summed E-state index contributed by atoms with van der Waals surface area (Å²) in [6.07, 6.45) is -3.23. The lowest BCUT2D eigenvalue weighted by atomic mass is 10.1. The SMILES string of the molecule is N#Cc1ccc(Oc2ccc(-c3cccc(C(O)C(O)C(N)=O)n3)cc2)cc1. The highest BCUT2D eigenvalue weighted by Crippen LogP contribution is 2.26. The number of hydrogen-bond donors (Lipinski definition) is 3. The van der Waals surface area contributed by atoms with E-state index in [1.807, 2.05) is 6.07 Å². The van der Waals surface area contributed by atoms with Crippen LogP contribution in [-0.2, 0) is 4.79 Å². The first-order chi connectivity index (χ1) is 13.5. The Bertz CT molecular complexity index is 1010. The zero-order valence-electron chi connectivity index (χ0n) is 14.7. The summed E-state index contributed by atoms with van der Waals surface area (Å²) >= 11 is 0. The molecule has 0 saturated carbocycles. The van der Waals surface area contributed by atoms with Crippen molar-refractivity contribution < 1.29 is 19.7 Å². The van der Waals surface area contributed by atoms with Crippen molar-refractivity contribution in [1.82, 2.24) is 4.98 Å². The molecule has 2 aromatic carbocycles. The molecule has 28 heavy (non-hydrogen) atoms. The largest absolute Gasteiger partial charge is 0.457 e. The summed E-state index contributed by atoms with van der Waals surface area (Å²) in [6, 6.07) is 20.8. The van der Waals surface area contributed by atoms with Gasteiger partial charge in [0, 0.05) is 5.56 Å². The quantitative estimate of drug-likeness (QED) is 0.606. The van der Waals surface area contributed by atoms with E-state index in [4.69, 9.17) is 15.7 Å². The number of aromatic nitrogens is 1. The van der Waals surface area contributed by atoms with Crippen LogP contribution in [0.1, 0.15) is 17.4 Å². The molecule has 1 amide bonds. The highest BCUT2D eigenvalue weighted by atomic mass is 16.5. The van der Waals surface area contributed by atoms with E-state index in [0.29, 0.717) is 22.8 Å². The molecule has 7 nitrogen and oxygen atoms in total. The Morgan fingerprint density at radius 3 is 2.18 bits per heavy atom. The fourth-order valence-electron chi connectivity index (χ4n) is 2.52. The van der Waals surface area contributed by atoms with Gasteiger partial charge < -0.3 is 20.7 Å². The number of rotatable bonds is 6. The second-order valence-corrected chi connectivity index (χ2v) is 6.00. The average Bonchev–Trinajstić information content (AvgIpc) is 2.73. The lowest BCUT2D eigenvalue weighted by Gasteiger charge is -2.15. The summed E-state index contributed by atoms with van der Waals surface area (Å²) in [4.78, 5) is 15.3. The molecule has 140 valence electrons. The normalized spacial score (nSPS) is 12.6. The first-order valence-electron chi connectivity index (χ1n) is 8.39. The molecule has 0 radical (unpaired) electrons. The first-order valence-corrected chi connectivity index (χ1v) is 8.39. The standard InChI is InChI=1S/C21H17N3O4/c22-12-13-4-8-15(9-5-13)28-16-10-6-14(7-11-16)17-2-1-3-18(24-17)19(25)20(26)21(23)27/h1-11,19-20,25-26H,(H2,23,27).